The number of aryl methyl sites for hydroxylation is 1. The maximum absolute atomic E-state index is 5.54. The van der Waals surface area contributed by atoms with E-state index in [2.05, 4.69) is 60.0 Å². The fourth-order valence-electron chi connectivity index (χ4n) is 3.70. The number of benzene rings is 1. The van der Waals surface area contributed by atoms with Crippen LogP contribution in [0.5, 0.6) is 0 Å². The Morgan fingerprint density at radius 2 is 2.04 bits per heavy atom. The number of rotatable bonds is 7. The Labute approximate surface area is 166 Å². The van der Waals surface area contributed by atoms with Gasteiger partial charge in [0, 0.05) is 47.6 Å². The van der Waals surface area contributed by atoms with Gasteiger partial charge in [-0.2, -0.15) is 11.8 Å². The summed E-state index contributed by atoms with van der Waals surface area (Å²) in [6, 6.07) is 8.52. The summed E-state index contributed by atoms with van der Waals surface area (Å²) in [6.07, 6.45) is 5.32. The van der Waals surface area contributed by atoms with Crippen LogP contribution in [-0.4, -0.2) is 54.8 Å². The highest BCUT2D eigenvalue weighted by molar-refractivity contribution is 8.00. The van der Waals surface area contributed by atoms with Gasteiger partial charge in [0.05, 0.1) is 6.54 Å². The lowest BCUT2D eigenvalue weighted by atomic mass is 9.99. The van der Waals surface area contributed by atoms with Crippen LogP contribution < -0.4 is 10.6 Å². The van der Waals surface area contributed by atoms with Crippen LogP contribution in [-0.2, 0) is 11.2 Å². The van der Waals surface area contributed by atoms with Crippen molar-refractivity contribution in [2.45, 2.75) is 37.9 Å². The van der Waals surface area contributed by atoms with Crippen LogP contribution in [0.25, 0.3) is 10.9 Å². The molecule has 1 saturated heterocycles. The molecule has 0 radical (unpaired) electrons. The summed E-state index contributed by atoms with van der Waals surface area (Å²) in [5.74, 6) is 0.912. The van der Waals surface area contributed by atoms with E-state index in [1.807, 2.05) is 11.8 Å². The van der Waals surface area contributed by atoms with E-state index in [4.69, 9.17) is 9.73 Å². The quantitative estimate of drug-likeness (QED) is 0.502. The lowest BCUT2D eigenvalue weighted by Crippen LogP contribution is -2.41. The van der Waals surface area contributed by atoms with Gasteiger partial charge in [0.2, 0.25) is 0 Å². The second-order valence-corrected chi connectivity index (χ2v) is 8.42. The average Bonchev–Trinajstić information content (AvgIpc) is 3.02. The van der Waals surface area contributed by atoms with E-state index in [1.54, 1.807) is 0 Å². The summed E-state index contributed by atoms with van der Waals surface area (Å²) in [6.45, 7) is 8.53. The lowest BCUT2D eigenvalue weighted by Gasteiger charge is -2.34. The summed E-state index contributed by atoms with van der Waals surface area (Å²) in [7, 11) is 0. The Bertz CT molecular complexity index is 765. The molecule has 1 fully saturated rings. The van der Waals surface area contributed by atoms with E-state index >= 15 is 0 Å². The number of aromatic nitrogens is 1. The van der Waals surface area contributed by atoms with Gasteiger partial charge in [-0.1, -0.05) is 18.2 Å². The second kappa shape index (κ2) is 9.51. The predicted molar refractivity (Wildman–Crippen MR) is 117 cm³/mol. The smallest absolute Gasteiger partial charge is 0.191 e. The number of hydrogen-bond acceptors (Lipinski definition) is 3. The van der Waals surface area contributed by atoms with Crippen LogP contribution in [0.4, 0.5) is 0 Å². The molecular formula is C21H32N4OS. The molecular weight excluding hydrogens is 356 g/mol. The van der Waals surface area contributed by atoms with Crippen molar-refractivity contribution in [3.63, 3.8) is 0 Å². The van der Waals surface area contributed by atoms with Crippen LogP contribution >= 0.6 is 11.8 Å². The zero-order valence-electron chi connectivity index (χ0n) is 16.7. The molecule has 0 saturated carbocycles. The molecule has 0 aliphatic carbocycles. The Balaban J connectivity index is 1.61. The standard InChI is InChI=1S/C21H32N4OS/c1-4-22-20(24-15-21(27-3)10-13-26-14-11-21)23-12-9-17-16(2)25-19-8-6-5-7-18(17)19/h5-8,25H,4,9-15H2,1-3H3,(H2,22,23,24). The van der Waals surface area contributed by atoms with E-state index in [-0.39, 0.29) is 4.75 Å². The van der Waals surface area contributed by atoms with Crippen LogP contribution in [0, 0.1) is 6.92 Å². The van der Waals surface area contributed by atoms with Gasteiger partial charge in [0.15, 0.2) is 5.96 Å². The van der Waals surface area contributed by atoms with Gasteiger partial charge in [0.1, 0.15) is 0 Å². The number of ether oxygens (including phenoxy) is 1. The highest BCUT2D eigenvalue weighted by Crippen LogP contribution is 2.34. The first kappa shape index (κ1) is 20.1. The molecule has 5 nitrogen and oxygen atoms in total. The normalized spacial score (nSPS) is 17.2. The molecule has 27 heavy (non-hydrogen) atoms. The van der Waals surface area contributed by atoms with E-state index < -0.39 is 0 Å². The number of para-hydroxylation sites is 1. The van der Waals surface area contributed by atoms with Crippen molar-refractivity contribution in [1.29, 1.82) is 0 Å². The number of guanidine groups is 1. The van der Waals surface area contributed by atoms with Crippen molar-refractivity contribution >= 4 is 28.6 Å². The Morgan fingerprint density at radius 1 is 1.26 bits per heavy atom. The molecule has 1 aliphatic rings. The largest absolute Gasteiger partial charge is 0.381 e. The SMILES string of the molecule is CCNC(=NCC1(SC)CCOCC1)NCCc1c(C)[nH]c2ccccc12. The fourth-order valence-corrected chi connectivity index (χ4v) is 4.47. The number of nitrogens with one attached hydrogen (secondary N) is 3. The molecule has 0 bridgehead atoms. The van der Waals surface area contributed by atoms with E-state index in [9.17, 15) is 0 Å². The number of nitrogens with zero attached hydrogens (tertiary/aromatic N) is 1. The van der Waals surface area contributed by atoms with E-state index in [0.717, 1.165) is 58.1 Å². The van der Waals surface area contributed by atoms with Crippen LogP contribution in [0.15, 0.2) is 29.3 Å². The molecule has 6 heteroatoms. The molecule has 1 aliphatic heterocycles. The van der Waals surface area contributed by atoms with Crippen molar-refractivity contribution in [3.05, 3.63) is 35.5 Å². The molecule has 2 aromatic rings. The van der Waals surface area contributed by atoms with Crippen molar-refractivity contribution in [1.82, 2.24) is 15.6 Å². The van der Waals surface area contributed by atoms with E-state index in [0.29, 0.717) is 0 Å². The minimum absolute atomic E-state index is 0.216. The van der Waals surface area contributed by atoms with E-state index in [1.165, 1.54) is 22.2 Å². The van der Waals surface area contributed by atoms with Gasteiger partial charge in [-0.05, 0) is 51.0 Å². The van der Waals surface area contributed by atoms with Gasteiger partial charge in [-0.25, -0.2) is 0 Å². The minimum Gasteiger partial charge on any atom is -0.381 e. The van der Waals surface area contributed by atoms with Crippen molar-refractivity contribution < 1.29 is 4.74 Å². The molecule has 0 amide bonds. The number of thioether (sulfide) groups is 1. The lowest BCUT2D eigenvalue weighted by molar-refractivity contribution is 0.0794. The number of H-pyrrole nitrogens is 1. The summed E-state index contributed by atoms with van der Waals surface area (Å²) in [5.41, 5.74) is 3.86. The topological polar surface area (TPSA) is 61.4 Å². The zero-order valence-corrected chi connectivity index (χ0v) is 17.5. The van der Waals surface area contributed by atoms with Crippen LogP contribution in [0.3, 0.4) is 0 Å². The summed E-state index contributed by atoms with van der Waals surface area (Å²) in [5, 5.41) is 8.22. The van der Waals surface area contributed by atoms with Gasteiger partial charge in [0.25, 0.3) is 0 Å². The third kappa shape index (κ3) is 4.99. The third-order valence-electron chi connectivity index (χ3n) is 5.40. The molecule has 0 spiro atoms. The Morgan fingerprint density at radius 3 is 2.78 bits per heavy atom. The van der Waals surface area contributed by atoms with Crippen molar-refractivity contribution in [3.8, 4) is 0 Å². The van der Waals surface area contributed by atoms with Gasteiger partial charge in [-0.3, -0.25) is 4.99 Å². The zero-order chi connectivity index (χ0) is 19.1. The number of aromatic amines is 1. The highest BCUT2D eigenvalue weighted by atomic mass is 32.2. The Kier molecular flexibility index (Phi) is 7.07. The Hall–Kier alpha value is -1.66. The van der Waals surface area contributed by atoms with Gasteiger partial charge >= 0.3 is 0 Å². The monoisotopic (exact) mass is 388 g/mol. The number of fused-ring (bicyclic) bond motifs is 1. The highest BCUT2D eigenvalue weighted by Gasteiger charge is 2.31. The number of hydrogen-bond donors (Lipinski definition) is 3. The molecule has 0 atom stereocenters. The second-order valence-electron chi connectivity index (χ2n) is 7.15. The molecule has 2 heterocycles. The molecule has 3 rings (SSSR count). The number of aliphatic imine (C=N–C) groups is 1. The molecule has 1 aromatic heterocycles. The first-order valence-electron chi connectivity index (χ1n) is 9.89. The maximum atomic E-state index is 5.54. The van der Waals surface area contributed by atoms with Crippen molar-refractivity contribution in [2.75, 3.05) is 39.1 Å². The summed E-state index contributed by atoms with van der Waals surface area (Å²) in [4.78, 5) is 8.38. The average molecular weight is 389 g/mol. The van der Waals surface area contributed by atoms with Gasteiger partial charge in [-0.15, -0.1) is 0 Å². The molecule has 3 N–H and O–H groups in total. The molecule has 148 valence electrons. The first-order valence-corrected chi connectivity index (χ1v) is 11.1. The van der Waals surface area contributed by atoms with Gasteiger partial charge < -0.3 is 20.4 Å². The summed E-state index contributed by atoms with van der Waals surface area (Å²) < 4.78 is 5.75. The minimum atomic E-state index is 0.216. The first-order chi connectivity index (χ1) is 13.2. The van der Waals surface area contributed by atoms with Crippen molar-refractivity contribution in [2.24, 2.45) is 4.99 Å². The van der Waals surface area contributed by atoms with Crippen LogP contribution in [0.1, 0.15) is 31.0 Å². The summed E-state index contributed by atoms with van der Waals surface area (Å²) >= 11 is 1.93. The van der Waals surface area contributed by atoms with Crippen LogP contribution in [0.2, 0.25) is 0 Å². The third-order valence-corrected chi connectivity index (χ3v) is 6.80. The molecule has 1 aromatic carbocycles. The molecule has 0 unspecified atom stereocenters. The predicted octanol–water partition coefficient (Wildman–Crippen LogP) is 3.49. The fraction of sp³-hybridized carbons (Fsp3) is 0.571. The maximum Gasteiger partial charge on any atom is 0.191 e.